The van der Waals surface area contributed by atoms with Crippen LogP contribution >= 0.6 is 0 Å². The van der Waals surface area contributed by atoms with Crippen molar-refractivity contribution in [1.82, 2.24) is 4.98 Å². The van der Waals surface area contributed by atoms with Crippen LogP contribution in [0.5, 0.6) is 5.75 Å². The third-order valence-corrected chi connectivity index (χ3v) is 4.17. The molecule has 0 atom stereocenters. The lowest BCUT2D eigenvalue weighted by Crippen LogP contribution is -2.13. The van der Waals surface area contributed by atoms with Crippen molar-refractivity contribution in [1.29, 1.82) is 5.26 Å². The molecule has 0 bridgehead atoms. The lowest BCUT2D eigenvalue weighted by atomic mass is 10.1. The Morgan fingerprint density at radius 3 is 2.75 bits per heavy atom. The molecule has 0 aliphatic carbocycles. The van der Waals surface area contributed by atoms with Crippen LogP contribution in [0.25, 0.3) is 0 Å². The molecule has 1 heterocycles. The van der Waals surface area contributed by atoms with Gasteiger partial charge < -0.3 is 15.4 Å². The lowest BCUT2D eigenvalue weighted by molar-refractivity contribution is 0.102. The summed E-state index contributed by atoms with van der Waals surface area (Å²) in [7, 11) is 1.66. The van der Waals surface area contributed by atoms with Crippen LogP contribution in [-0.2, 0) is 6.42 Å². The van der Waals surface area contributed by atoms with E-state index in [0.29, 0.717) is 29.2 Å². The SMILES string of the molecule is COc1ccccc1CCNc1ccc(C(=O)Nc2cccc(C#N)c2)cn1. The van der Waals surface area contributed by atoms with Crippen molar-refractivity contribution in [3.8, 4) is 11.8 Å². The first-order chi connectivity index (χ1) is 13.7. The lowest BCUT2D eigenvalue weighted by Gasteiger charge is -2.10. The van der Waals surface area contributed by atoms with Crippen molar-refractivity contribution in [2.45, 2.75) is 6.42 Å². The molecule has 2 N–H and O–H groups in total. The number of aromatic nitrogens is 1. The molecule has 1 aromatic heterocycles. The van der Waals surface area contributed by atoms with Crippen molar-refractivity contribution in [3.63, 3.8) is 0 Å². The number of hydrogen-bond acceptors (Lipinski definition) is 5. The number of para-hydroxylation sites is 1. The molecule has 0 spiro atoms. The largest absolute Gasteiger partial charge is 0.496 e. The Hall–Kier alpha value is -3.85. The highest BCUT2D eigenvalue weighted by atomic mass is 16.5. The summed E-state index contributed by atoms with van der Waals surface area (Å²) in [6, 6.07) is 20.2. The monoisotopic (exact) mass is 372 g/mol. The number of nitriles is 1. The van der Waals surface area contributed by atoms with Gasteiger partial charge in [-0.25, -0.2) is 4.98 Å². The number of amides is 1. The smallest absolute Gasteiger partial charge is 0.257 e. The summed E-state index contributed by atoms with van der Waals surface area (Å²) >= 11 is 0. The Balaban J connectivity index is 1.55. The normalized spacial score (nSPS) is 10.0. The molecule has 0 radical (unpaired) electrons. The number of hydrogen-bond donors (Lipinski definition) is 2. The van der Waals surface area contributed by atoms with Crippen LogP contribution in [0, 0.1) is 11.3 Å². The molecule has 6 heteroatoms. The second kappa shape index (κ2) is 9.19. The molecule has 0 unspecified atom stereocenters. The zero-order chi connectivity index (χ0) is 19.8. The molecule has 3 aromatic rings. The fourth-order valence-corrected chi connectivity index (χ4v) is 2.74. The molecular formula is C22H20N4O2. The van der Waals surface area contributed by atoms with Gasteiger partial charge in [-0.3, -0.25) is 4.79 Å². The van der Waals surface area contributed by atoms with Crippen LogP contribution in [0.2, 0.25) is 0 Å². The van der Waals surface area contributed by atoms with Crippen molar-refractivity contribution in [3.05, 3.63) is 83.6 Å². The Morgan fingerprint density at radius 2 is 2.00 bits per heavy atom. The predicted molar refractivity (Wildman–Crippen MR) is 109 cm³/mol. The van der Waals surface area contributed by atoms with Gasteiger partial charge in [0.15, 0.2) is 0 Å². The van der Waals surface area contributed by atoms with Crippen LogP contribution in [-0.4, -0.2) is 24.5 Å². The van der Waals surface area contributed by atoms with E-state index in [2.05, 4.69) is 15.6 Å². The Bertz CT molecular complexity index is 994. The molecule has 2 aromatic carbocycles. The molecule has 0 saturated carbocycles. The van der Waals surface area contributed by atoms with Gasteiger partial charge in [0.25, 0.3) is 5.91 Å². The standard InChI is InChI=1S/C22H20N4O2/c1-28-20-8-3-2-6-17(20)11-12-24-21-10-9-18(15-25-21)22(27)26-19-7-4-5-16(13-19)14-23/h2-10,13,15H,11-12H2,1H3,(H,24,25)(H,26,27). The molecule has 1 amide bonds. The van der Waals surface area contributed by atoms with Crippen molar-refractivity contribution < 1.29 is 9.53 Å². The number of methoxy groups -OCH3 is 1. The summed E-state index contributed by atoms with van der Waals surface area (Å²) in [5, 5.41) is 14.9. The van der Waals surface area contributed by atoms with E-state index < -0.39 is 0 Å². The van der Waals surface area contributed by atoms with Crippen LogP contribution in [0.15, 0.2) is 66.9 Å². The minimum absolute atomic E-state index is 0.275. The summed E-state index contributed by atoms with van der Waals surface area (Å²) in [5.41, 5.74) is 2.62. The quantitative estimate of drug-likeness (QED) is 0.657. The van der Waals surface area contributed by atoms with Crippen LogP contribution in [0.1, 0.15) is 21.5 Å². The van der Waals surface area contributed by atoms with Crippen LogP contribution < -0.4 is 15.4 Å². The number of carbonyl (C=O) groups excluding carboxylic acids is 1. The van der Waals surface area contributed by atoms with Gasteiger partial charge in [-0.15, -0.1) is 0 Å². The highest BCUT2D eigenvalue weighted by molar-refractivity contribution is 6.04. The zero-order valence-electron chi connectivity index (χ0n) is 15.5. The zero-order valence-corrected chi connectivity index (χ0v) is 15.5. The maximum absolute atomic E-state index is 12.3. The molecule has 28 heavy (non-hydrogen) atoms. The van der Waals surface area contributed by atoms with Gasteiger partial charge in [0.1, 0.15) is 11.6 Å². The summed E-state index contributed by atoms with van der Waals surface area (Å²) in [6.45, 7) is 0.694. The third-order valence-electron chi connectivity index (χ3n) is 4.17. The third kappa shape index (κ3) is 4.86. The summed E-state index contributed by atoms with van der Waals surface area (Å²) in [6.07, 6.45) is 2.32. The van der Waals surface area contributed by atoms with Crippen LogP contribution in [0.3, 0.4) is 0 Å². The van der Waals surface area contributed by atoms with Crippen LogP contribution in [0.4, 0.5) is 11.5 Å². The van der Waals surface area contributed by atoms with Gasteiger partial charge in [-0.2, -0.15) is 5.26 Å². The summed E-state index contributed by atoms with van der Waals surface area (Å²) in [4.78, 5) is 16.6. The van der Waals surface area contributed by atoms with E-state index in [-0.39, 0.29) is 5.91 Å². The average Bonchev–Trinajstić information content (AvgIpc) is 2.74. The van der Waals surface area contributed by atoms with Gasteiger partial charge in [-0.1, -0.05) is 24.3 Å². The van der Waals surface area contributed by atoms with Gasteiger partial charge in [-0.05, 0) is 48.4 Å². The highest BCUT2D eigenvalue weighted by Gasteiger charge is 2.08. The molecule has 0 fully saturated rings. The van der Waals surface area contributed by atoms with E-state index in [0.717, 1.165) is 17.7 Å². The van der Waals surface area contributed by atoms with E-state index in [4.69, 9.17) is 10.00 Å². The number of nitrogens with zero attached hydrogens (tertiary/aromatic N) is 2. The van der Waals surface area contributed by atoms with E-state index in [1.807, 2.05) is 30.3 Å². The first-order valence-electron chi connectivity index (χ1n) is 8.83. The average molecular weight is 372 g/mol. The Morgan fingerprint density at radius 1 is 1.14 bits per heavy atom. The van der Waals surface area contributed by atoms with Gasteiger partial charge in [0.05, 0.1) is 24.3 Å². The number of anilines is 2. The first kappa shape index (κ1) is 18.9. The molecule has 0 aliphatic rings. The maximum atomic E-state index is 12.3. The molecule has 0 aliphatic heterocycles. The summed E-state index contributed by atoms with van der Waals surface area (Å²) in [5.74, 6) is 1.28. The number of pyridine rings is 1. The van der Waals surface area contributed by atoms with Crippen molar-refractivity contribution in [2.24, 2.45) is 0 Å². The molecule has 140 valence electrons. The second-order valence-corrected chi connectivity index (χ2v) is 6.07. The van der Waals surface area contributed by atoms with E-state index in [9.17, 15) is 4.79 Å². The van der Waals surface area contributed by atoms with Gasteiger partial charge in [0.2, 0.25) is 0 Å². The molecule has 6 nitrogen and oxygen atoms in total. The van der Waals surface area contributed by atoms with Gasteiger partial charge >= 0.3 is 0 Å². The highest BCUT2D eigenvalue weighted by Crippen LogP contribution is 2.18. The van der Waals surface area contributed by atoms with Crippen molar-refractivity contribution in [2.75, 3.05) is 24.3 Å². The maximum Gasteiger partial charge on any atom is 0.257 e. The molecular weight excluding hydrogens is 352 g/mol. The van der Waals surface area contributed by atoms with Gasteiger partial charge in [0, 0.05) is 18.4 Å². The fourth-order valence-electron chi connectivity index (χ4n) is 2.74. The minimum Gasteiger partial charge on any atom is -0.496 e. The van der Waals surface area contributed by atoms with E-state index in [1.165, 1.54) is 6.20 Å². The topological polar surface area (TPSA) is 87.0 Å². The van der Waals surface area contributed by atoms with E-state index >= 15 is 0 Å². The Kier molecular flexibility index (Phi) is 6.21. The number of rotatable bonds is 7. The molecule has 3 rings (SSSR count). The molecule has 0 saturated heterocycles. The number of benzene rings is 2. The number of nitrogens with one attached hydrogen (secondary N) is 2. The number of ether oxygens (including phenoxy) is 1. The summed E-state index contributed by atoms with van der Waals surface area (Å²) < 4.78 is 5.35. The fraction of sp³-hybridized carbons (Fsp3) is 0.136. The van der Waals surface area contributed by atoms with Crippen molar-refractivity contribution >= 4 is 17.4 Å². The Labute approximate surface area is 163 Å². The van der Waals surface area contributed by atoms with E-state index in [1.54, 1.807) is 43.5 Å². The number of carbonyl (C=O) groups is 1. The second-order valence-electron chi connectivity index (χ2n) is 6.07. The minimum atomic E-state index is -0.275. The predicted octanol–water partition coefficient (Wildman–Crippen LogP) is 3.87. The first-order valence-corrected chi connectivity index (χ1v) is 8.83.